The Hall–Kier alpha value is -3.22. The highest BCUT2D eigenvalue weighted by Gasteiger charge is 2.26. The van der Waals surface area contributed by atoms with Gasteiger partial charge in [-0.15, -0.1) is 0 Å². The van der Waals surface area contributed by atoms with Crippen molar-refractivity contribution in [3.05, 3.63) is 53.3 Å². The van der Waals surface area contributed by atoms with Crippen LogP contribution in [0.25, 0.3) is 11.1 Å². The molecule has 0 bridgehead atoms. The van der Waals surface area contributed by atoms with Crippen molar-refractivity contribution in [3.8, 4) is 11.1 Å². The Labute approximate surface area is 182 Å². The van der Waals surface area contributed by atoms with Gasteiger partial charge in [0.05, 0.1) is 19.0 Å². The van der Waals surface area contributed by atoms with E-state index in [9.17, 15) is 19.5 Å². The Balaban J connectivity index is 1.82. The third-order valence-corrected chi connectivity index (χ3v) is 5.72. The van der Waals surface area contributed by atoms with Crippen LogP contribution in [0.4, 0.5) is 0 Å². The first kappa shape index (κ1) is 22.5. The molecule has 0 spiro atoms. The van der Waals surface area contributed by atoms with Crippen LogP contribution in [0, 0.1) is 19.8 Å². The molecule has 0 radical (unpaired) electrons. The molecule has 1 aliphatic heterocycles. The molecular formula is C24H29N3O4. The van der Waals surface area contributed by atoms with Crippen LogP contribution in [0.5, 0.6) is 0 Å². The van der Waals surface area contributed by atoms with Gasteiger partial charge in [-0.25, -0.2) is 0 Å². The van der Waals surface area contributed by atoms with Crippen LogP contribution in [0.3, 0.4) is 0 Å². The number of hydrogen-bond acceptors (Lipinski definition) is 4. The van der Waals surface area contributed by atoms with E-state index in [0.717, 1.165) is 28.7 Å². The Morgan fingerprint density at radius 3 is 2.65 bits per heavy atom. The first-order chi connectivity index (χ1) is 14.7. The number of carboxylic acid groups (broad SMARTS) is 1. The van der Waals surface area contributed by atoms with Gasteiger partial charge in [0.2, 0.25) is 11.8 Å². The molecule has 1 aromatic carbocycles. The second-order valence-electron chi connectivity index (χ2n) is 8.41. The number of pyridine rings is 1. The average molecular weight is 424 g/mol. The van der Waals surface area contributed by atoms with Crippen LogP contribution < -0.4 is 5.32 Å². The van der Waals surface area contributed by atoms with Gasteiger partial charge in [-0.3, -0.25) is 19.4 Å². The second-order valence-corrected chi connectivity index (χ2v) is 8.41. The van der Waals surface area contributed by atoms with Crippen LogP contribution in [0.15, 0.2) is 36.7 Å². The van der Waals surface area contributed by atoms with Crippen LogP contribution in [0.2, 0.25) is 0 Å². The number of carbonyl (C=O) groups excluding carboxylic acids is 2. The van der Waals surface area contributed by atoms with Gasteiger partial charge in [-0.1, -0.05) is 25.1 Å². The van der Waals surface area contributed by atoms with Crippen LogP contribution >= 0.6 is 0 Å². The lowest BCUT2D eigenvalue weighted by Gasteiger charge is -2.30. The van der Waals surface area contributed by atoms with Crippen LogP contribution in [0.1, 0.15) is 48.9 Å². The summed E-state index contributed by atoms with van der Waals surface area (Å²) in [5, 5.41) is 12.2. The number of amides is 2. The minimum atomic E-state index is -1.02. The molecule has 2 aromatic rings. The van der Waals surface area contributed by atoms with Gasteiger partial charge in [-0.2, -0.15) is 0 Å². The third-order valence-electron chi connectivity index (χ3n) is 5.72. The molecule has 2 N–H and O–H groups in total. The smallest absolute Gasteiger partial charge is 0.305 e. The van der Waals surface area contributed by atoms with Gasteiger partial charge < -0.3 is 15.3 Å². The molecule has 7 heteroatoms. The monoisotopic (exact) mass is 423 g/mol. The van der Waals surface area contributed by atoms with Gasteiger partial charge in [-0.05, 0) is 54.5 Å². The second kappa shape index (κ2) is 9.73. The van der Waals surface area contributed by atoms with E-state index in [2.05, 4.69) is 17.2 Å². The molecule has 164 valence electrons. The Morgan fingerprint density at radius 2 is 1.97 bits per heavy atom. The summed E-state index contributed by atoms with van der Waals surface area (Å²) in [7, 11) is 0. The van der Waals surface area contributed by atoms with E-state index in [0.29, 0.717) is 24.4 Å². The van der Waals surface area contributed by atoms with Crippen molar-refractivity contribution in [3.63, 3.8) is 0 Å². The average Bonchev–Trinajstić information content (AvgIpc) is 2.70. The highest BCUT2D eigenvalue weighted by atomic mass is 16.4. The number of hydrogen-bond donors (Lipinski definition) is 2. The number of aryl methyl sites for hydroxylation is 2. The first-order valence-corrected chi connectivity index (χ1v) is 10.5. The zero-order valence-corrected chi connectivity index (χ0v) is 18.2. The lowest BCUT2D eigenvalue weighted by molar-refractivity contribution is -0.140. The highest BCUT2D eigenvalue weighted by molar-refractivity contribution is 5.85. The molecule has 0 saturated carbocycles. The number of aliphatic carboxylic acids is 1. The van der Waals surface area contributed by atoms with E-state index in [1.54, 1.807) is 17.3 Å². The minimum absolute atomic E-state index is 0.0401. The molecular weight excluding hydrogens is 394 g/mol. The molecule has 2 amide bonds. The summed E-state index contributed by atoms with van der Waals surface area (Å²) in [5.74, 6) is -1.09. The van der Waals surface area contributed by atoms with Crippen molar-refractivity contribution in [1.29, 1.82) is 0 Å². The number of nitrogens with one attached hydrogen (secondary N) is 1. The number of nitrogens with zero attached hydrogens (tertiary/aromatic N) is 2. The molecule has 1 aromatic heterocycles. The van der Waals surface area contributed by atoms with Gasteiger partial charge in [0.1, 0.15) is 0 Å². The van der Waals surface area contributed by atoms with Gasteiger partial charge in [0, 0.05) is 30.9 Å². The van der Waals surface area contributed by atoms with Crippen molar-refractivity contribution in [2.24, 2.45) is 5.92 Å². The summed E-state index contributed by atoms with van der Waals surface area (Å²) in [6.45, 7) is 6.56. The lowest BCUT2D eigenvalue weighted by atomic mass is 9.94. The maximum Gasteiger partial charge on any atom is 0.305 e. The molecule has 1 aliphatic rings. The van der Waals surface area contributed by atoms with E-state index in [1.165, 1.54) is 0 Å². The van der Waals surface area contributed by atoms with Crippen LogP contribution in [-0.4, -0.2) is 45.9 Å². The topological polar surface area (TPSA) is 99.6 Å². The summed E-state index contributed by atoms with van der Waals surface area (Å²) >= 11 is 0. The summed E-state index contributed by atoms with van der Waals surface area (Å²) in [5.41, 5.74) is 4.73. The molecule has 2 heterocycles. The normalized spacial score (nSPS) is 17.3. The number of carboxylic acids is 1. The summed E-state index contributed by atoms with van der Waals surface area (Å²) in [6, 6.07) is 7.16. The standard InChI is InChI=1S/C24H29N3O4/c1-15-7-8-22(29)27(13-15)14-21(28)26-20(10-23(30)31)18-9-19(12-25-11-18)24-16(2)5-4-6-17(24)3/h4-6,9,11-12,15,20H,7-8,10,13-14H2,1-3H3,(H,26,28)(H,30,31)/t15?,20-/m0/s1. The highest BCUT2D eigenvalue weighted by Crippen LogP contribution is 2.29. The van der Waals surface area contributed by atoms with E-state index in [-0.39, 0.29) is 24.8 Å². The number of benzene rings is 1. The lowest BCUT2D eigenvalue weighted by Crippen LogP contribution is -2.46. The number of aromatic nitrogens is 1. The quantitative estimate of drug-likeness (QED) is 0.712. The number of likely N-dealkylation sites (tertiary alicyclic amines) is 1. The molecule has 31 heavy (non-hydrogen) atoms. The van der Waals surface area contributed by atoms with E-state index in [1.807, 2.05) is 38.1 Å². The number of carbonyl (C=O) groups is 3. The van der Waals surface area contributed by atoms with Gasteiger partial charge >= 0.3 is 5.97 Å². The predicted octanol–water partition coefficient (Wildman–Crippen LogP) is 3.26. The van der Waals surface area contributed by atoms with Gasteiger partial charge in [0.25, 0.3) is 0 Å². The summed E-state index contributed by atoms with van der Waals surface area (Å²) < 4.78 is 0. The molecule has 2 atom stereocenters. The minimum Gasteiger partial charge on any atom is -0.481 e. The number of piperidine rings is 1. The molecule has 0 aliphatic carbocycles. The largest absolute Gasteiger partial charge is 0.481 e. The van der Waals surface area contributed by atoms with Crippen molar-refractivity contribution in [1.82, 2.24) is 15.2 Å². The van der Waals surface area contributed by atoms with Crippen molar-refractivity contribution in [2.75, 3.05) is 13.1 Å². The molecule has 7 nitrogen and oxygen atoms in total. The predicted molar refractivity (Wildman–Crippen MR) is 117 cm³/mol. The van der Waals surface area contributed by atoms with Gasteiger partial charge in [0.15, 0.2) is 0 Å². The molecule has 1 fully saturated rings. The van der Waals surface area contributed by atoms with Crippen molar-refractivity contribution in [2.45, 2.75) is 46.1 Å². The zero-order valence-electron chi connectivity index (χ0n) is 18.2. The number of rotatable bonds is 7. The Morgan fingerprint density at radius 1 is 1.26 bits per heavy atom. The molecule has 3 rings (SSSR count). The maximum absolute atomic E-state index is 12.7. The van der Waals surface area contributed by atoms with E-state index < -0.39 is 12.0 Å². The van der Waals surface area contributed by atoms with E-state index >= 15 is 0 Å². The fourth-order valence-corrected chi connectivity index (χ4v) is 4.15. The fraction of sp³-hybridized carbons (Fsp3) is 0.417. The SMILES string of the molecule is Cc1cccc(C)c1-c1cncc([C@H](CC(=O)O)NC(=O)CN2CC(C)CCC2=O)c1. The summed E-state index contributed by atoms with van der Waals surface area (Å²) in [4.78, 5) is 42.1. The Kier molecular flexibility index (Phi) is 7.05. The van der Waals surface area contributed by atoms with E-state index in [4.69, 9.17) is 0 Å². The van der Waals surface area contributed by atoms with Crippen molar-refractivity contribution < 1.29 is 19.5 Å². The third kappa shape index (κ3) is 5.69. The maximum atomic E-state index is 12.7. The zero-order chi connectivity index (χ0) is 22.5. The fourth-order valence-electron chi connectivity index (χ4n) is 4.15. The molecule has 1 unspecified atom stereocenters. The Bertz CT molecular complexity index is 968. The molecule has 1 saturated heterocycles. The summed E-state index contributed by atoms with van der Waals surface area (Å²) in [6.07, 6.45) is 4.32. The van der Waals surface area contributed by atoms with Crippen LogP contribution in [-0.2, 0) is 14.4 Å². The first-order valence-electron chi connectivity index (χ1n) is 10.5. The van der Waals surface area contributed by atoms with Crippen molar-refractivity contribution >= 4 is 17.8 Å².